The third-order valence-electron chi connectivity index (χ3n) is 3.79. The van der Waals surface area contributed by atoms with Crippen LogP contribution in [-0.4, -0.2) is 56.2 Å². The molecule has 5 nitrogen and oxygen atoms in total. The first-order valence-electron chi connectivity index (χ1n) is 7.09. The number of ether oxygens (including phenoxy) is 3. The Hall–Kier alpha value is -1.18. The molecule has 0 amide bonds. The number of thiocarbonyl (C=S) groups is 1. The molecule has 1 fully saturated rings. The van der Waals surface area contributed by atoms with E-state index in [-0.39, 0.29) is 6.04 Å². The van der Waals surface area contributed by atoms with E-state index in [2.05, 4.69) is 22.8 Å². The summed E-state index contributed by atoms with van der Waals surface area (Å²) < 4.78 is 16.8. The molecule has 0 aliphatic carbocycles. The Bertz CT molecular complexity index is 515. The maximum Gasteiger partial charge on any atom is 0.203 e. The highest BCUT2D eigenvalue weighted by atomic mass is 32.1. The zero-order chi connectivity index (χ0) is 16.1. The smallest absolute Gasteiger partial charge is 0.203 e. The van der Waals surface area contributed by atoms with Gasteiger partial charge in [0.25, 0.3) is 0 Å². The van der Waals surface area contributed by atoms with Gasteiger partial charge in [-0.25, -0.2) is 0 Å². The van der Waals surface area contributed by atoms with Gasteiger partial charge in [0, 0.05) is 25.7 Å². The number of hydrogen-bond acceptors (Lipinski definition) is 5. The van der Waals surface area contributed by atoms with Crippen LogP contribution in [0.1, 0.15) is 5.56 Å². The molecule has 1 unspecified atom stereocenters. The fraction of sp³-hybridized carbons (Fsp3) is 0.533. The molecule has 0 aromatic heterocycles. The zero-order valence-electron chi connectivity index (χ0n) is 13.1. The van der Waals surface area contributed by atoms with E-state index >= 15 is 0 Å². The standard InChI is InChI=1S/C15H22N2O3S2/c1-18-12-7-10(8-13(19-2)14(12)20-3)6-11-9-16-4-5-17(11)15(21)22/h7-8,11,16H,4-6,9H2,1-3H3,(H,21,22). The maximum atomic E-state index is 5.41. The van der Waals surface area contributed by atoms with Crippen LogP contribution in [0, 0.1) is 0 Å². The summed E-state index contributed by atoms with van der Waals surface area (Å²) in [5.41, 5.74) is 1.11. The van der Waals surface area contributed by atoms with Crippen LogP contribution in [-0.2, 0) is 6.42 Å². The Balaban J connectivity index is 2.26. The van der Waals surface area contributed by atoms with E-state index in [0.717, 1.165) is 31.6 Å². The van der Waals surface area contributed by atoms with E-state index in [9.17, 15) is 0 Å². The highest BCUT2D eigenvalue weighted by molar-refractivity contribution is 8.10. The van der Waals surface area contributed by atoms with Gasteiger partial charge in [-0.1, -0.05) is 12.2 Å². The molecule has 1 aromatic rings. The molecule has 0 saturated carbocycles. The molecule has 1 aliphatic rings. The van der Waals surface area contributed by atoms with E-state index in [4.69, 9.17) is 26.4 Å². The van der Waals surface area contributed by atoms with Crippen molar-refractivity contribution in [2.24, 2.45) is 0 Å². The van der Waals surface area contributed by atoms with Crippen LogP contribution in [0.3, 0.4) is 0 Å². The lowest BCUT2D eigenvalue weighted by Gasteiger charge is -2.37. The lowest BCUT2D eigenvalue weighted by atomic mass is 10.0. The van der Waals surface area contributed by atoms with Crippen LogP contribution in [0.5, 0.6) is 17.2 Å². The second-order valence-electron chi connectivity index (χ2n) is 5.07. The van der Waals surface area contributed by atoms with Gasteiger partial charge in [-0.2, -0.15) is 0 Å². The van der Waals surface area contributed by atoms with Crippen molar-refractivity contribution in [2.75, 3.05) is 41.0 Å². The molecule has 2 rings (SSSR count). The number of thiol groups is 1. The molecule has 1 N–H and O–H groups in total. The maximum absolute atomic E-state index is 5.41. The molecule has 1 atom stereocenters. The third-order valence-corrected chi connectivity index (χ3v) is 4.28. The Morgan fingerprint density at radius 2 is 1.91 bits per heavy atom. The number of nitrogens with zero attached hydrogens (tertiary/aromatic N) is 1. The SMILES string of the molecule is COc1cc(CC2CNCCN2C(=S)S)cc(OC)c1OC. The van der Waals surface area contributed by atoms with Crippen molar-refractivity contribution in [2.45, 2.75) is 12.5 Å². The van der Waals surface area contributed by atoms with Crippen molar-refractivity contribution >= 4 is 29.2 Å². The van der Waals surface area contributed by atoms with Gasteiger partial charge >= 0.3 is 0 Å². The van der Waals surface area contributed by atoms with Gasteiger partial charge in [0.15, 0.2) is 11.5 Å². The van der Waals surface area contributed by atoms with Gasteiger partial charge in [0.1, 0.15) is 4.32 Å². The van der Waals surface area contributed by atoms with Gasteiger partial charge in [0.2, 0.25) is 5.75 Å². The molecular formula is C15H22N2O3S2. The average Bonchev–Trinajstić information content (AvgIpc) is 2.54. The average molecular weight is 342 g/mol. The molecule has 0 bridgehead atoms. The molecule has 0 spiro atoms. The van der Waals surface area contributed by atoms with Crippen LogP contribution >= 0.6 is 24.8 Å². The first-order valence-corrected chi connectivity index (χ1v) is 7.95. The summed E-state index contributed by atoms with van der Waals surface area (Å²) in [6.45, 7) is 2.67. The molecular weight excluding hydrogens is 320 g/mol. The third kappa shape index (κ3) is 3.77. The summed E-state index contributed by atoms with van der Waals surface area (Å²) in [6.07, 6.45) is 0.824. The van der Waals surface area contributed by atoms with Gasteiger partial charge in [-0.15, -0.1) is 12.6 Å². The lowest BCUT2D eigenvalue weighted by molar-refractivity contribution is 0.263. The summed E-state index contributed by atoms with van der Waals surface area (Å²) in [7, 11) is 4.85. The van der Waals surface area contributed by atoms with Gasteiger partial charge in [-0.05, 0) is 24.1 Å². The molecule has 22 heavy (non-hydrogen) atoms. The lowest BCUT2D eigenvalue weighted by Crippen LogP contribution is -2.53. The zero-order valence-corrected chi connectivity index (χ0v) is 14.8. The van der Waals surface area contributed by atoms with Gasteiger partial charge in [-0.3, -0.25) is 0 Å². The normalized spacial score (nSPS) is 18.0. The minimum atomic E-state index is 0.265. The van der Waals surface area contributed by atoms with Crippen LogP contribution in [0.25, 0.3) is 0 Å². The monoisotopic (exact) mass is 342 g/mol. The van der Waals surface area contributed by atoms with Crippen LogP contribution in [0.15, 0.2) is 12.1 Å². The highest BCUT2D eigenvalue weighted by Gasteiger charge is 2.24. The van der Waals surface area contributed by atoms with Gasteiger partial charge in [0.05, 0.1) is 21.3 Å². The minimum absolute atomic E-state index is 0.265. The minimum Gasteiger partial charge on any atom is -0.493 e. The van der Waals surface area contributed by atoms with E-state index in [1.54, 1.807) is 21.3 Å². The van der Waals surface area contributed by atoms with Crippen LogP contribution in [0.2, 0.25) is 0 Å². The number of piperazine rings is 1. The van der Waals surface area contributed by atoms with Crippen molar-refractivity contribution in [1.29, 1.82) is 0 Å². The molecule has 7 heteroatoms. The Morgan fingerprint density at radius 1 is 1.27 bits per heavy atom. The highest BCUT2D eigenvalue weighted by Crippen LogP contribution is 2.38. The van der Waals surface area contributed by atoms with Crippen molar-refractivity contribution in [1.82, 2.24) is 10.2 Å². The summed E-state index contributed by atoms with van der Waals surface area (Å²) in [5, 5.41) is 3.40. The Kier molecular flexibility index (Phi) is 6.16. The number of methoxy groups -OCH3 is 3. The molecule has 1 aromatic carbocycles. The molecule has 1 saturated heterocycles. The first kappa shape index (κ1) is 17.2. The largest absolute Gasteiger partial charge is 0.493 e. The van der Waals surface area contributed by atoms with E-state index in [1.165, 1.54) is 0 Å². The molecule has 1 heterocycles. The number of nitrogens with one attached hydrogen (secondary N) is 1. The van der Waals surface area contributed by atoms with Crippen LogP contribution < -0.4 is 19.5 Å². The summed E-state index contributed by atoms with van der Waals surface area (Å²) in [4.78, 5) is 2.15. The summed E-state index contributed by atoms with van der Waals surface area (Å²) in [6, 6.07) is 4.23. The Morgan fingerprint density at radius 3 is 2.41 bits per heavy atom. The summed E-state index contributed by atoms with van der Waals surface area (Å²) in [5.74, 6) is 1.94. The Labute approximate surface area is 142 Å². The second-order valence-corrected chi connectivity index (χ2v) is 6.18. The number of hydrogen-bond donors (Lipinski definition) is 2. The van der Waals surface area contributed by atoms with Crippen molar-refractivity contribution in [3.63, 3.8) is 0 Å². The summed E-state index contributed by atoms with van der Waals surface area (Å²) >= 11 is 9.57. The second kappa shape index (κ2) is 7.89. The van der Waals surface area contributed by atoms with E-state index < -0.39 is 0 Å². The first-order chi connectivity index (χ1) is 10.6. The predicted octanol–water partition coefficient (Wildman–Crippen LogP) is 1.74. The quantitative estimate of drug-likeness (QED) is 0.628. The van der Waals surface area contributed by atoms with Crippen molar-refractivity contribution in [3.8, 4) is 17.2 Å². The van der Waals surface area contributed by atoms with E-state index in [1.807, 2.05) is 12.1 Å². The van der Waals surface area contributed by atoms with Crippen molar-refractivity contribution in [3.05, 3.63) is 17.7 Å². The number of rotatable bonds is 5. The molecule has 0 radical (unpaired) electrons. The fourth-order valence-electron chi connectivity index (χ4n) is 2.72. The number of benzene rings is 1. The predicted molar refractivity (Wildman–Crippen MR) is 94.7 cm³/mol. The molecule has 1 aliphatic heterocycles. The molecule has 122 valence electrons. The van der Waals surface area contributed by atoms with Crippen molar-refractivity contribution < 1.29 is 14.2 Å². The van der Waals surface area contributed by atoms with E-state index in [0.29, 0.717) is 21.6 Å². The van der Waals surface area contributed by atoms with Crippen LogP contribution in [0.4, 0.5) is 0 Å². The fourth-order valence-corrected chi connectivity index (χ4v) is 3.22. The van der Waals surface area contributed by atoms with Gasteiger partial charge < -0.3 is 24.4 Å². The topological polar surface area (TPSA) is 43.0 Å².